The molecule has 0 radical (unpaired) electrons. The van der Waals surface area contributed by atoms with Crippen LogP contribution >= 0.6 is 0 Å². The van der Waals surface area contributed by atoms with Crippen molar-refractivity contribution in [2.75, 3.05) is 47.6 Å². The fourth-order valence-corrected chi connectivity index (χ4v) is 1.68. The molecule has 0 fully saturated rings. The SMILES string of the molecule is COCCNCCOc1c(OC)cc(C)cc1OC. The minimum Gasteiger partial charge on any atom is -0.493 e. The first-order valence-electron chi connectivity index (χ1n) is 6.28. The Labute approximate surface area is 114 Å². The molecular formula is C14H23NO4. The van der Waals surface area contributed by atoms with Crippen molar-refractivity contribution >= 4 is 0 Å². The second-order valence-electron chi connectivity index (χ2n) is 4.09. The number of rotatable bonds is 9. The molecule has 0 aliphatic rings. The van der Waals surface area contributed by atoms with E-state index in [9.17, 15) is 0 Å². The van der Waals surface area contributed by atoms with Gasteiger partial charge >= 0.3 is 0 Å². The van der Waals surface area contributed by atoms with E-state index in [2.05, 4.69) is 5.32 Å². The molecule has 0 aromatic heterocycles. The third-order valence-electron chi connectivity index (χ3n) is 2.61. The predicted octanol–water partition coefficient (Wildman–Crippen LogP) is 1.63. The van der Waals surface area contributed by atoms with Crippen LogP contribution in [-0.2, 0) is 4.74 Å². The molecule has 5 nitrogen and oxygen atoms in total. The van der Waals surface area contributed by atoms with Gasteiger partial charge in [-0.3, -0.25) is 0 Å². The van der Waals surface area contributed by atoms with Gasteiger partial charge in [-0.2, -0.15) is 0 Å². The monoisotopic (exact) mass is 269 g/mol. The summed E-state index contributed by atoms with van der Waals surface area (Å²) in [4.78, 5) is 0. The Morgan fingerprint density at radius 3 is 2.05 bits per heavy atom. The lowest BCUT2D eigenvalue weighted by molar-refractivity contribution is 0.196. The zero-order valence-corrected chi connectivity index (χ0v) is 12.1. The topological polar surface area (TPSA) is 49.0 Å². The zero-order valence-electron chi connectivity index (χ0n) is 12.1. The molecule has 0 heterocycles. The first-order valence-corrected chi connectivity index (χ1v) is 6.28. The van der Waals surface area contributed by atoms with E-state index in [1.54, 1.807) is 21.3 Å². The van der Waals surface area contributed by atoms with E-state index >= 15 is 0 Å². The van der Waals surface area contributed by atoms with Gasteiger partial charge in [0, 0.05) is 20.2 Å². The maximum absolute atomic E-state index is 5.73. The van der Waals surface area contributed by atoms with Gasteiger partial charge in [-0.25, -0.2) is 0 Å². The quantitative estimate of drug-likeness (QED) is 0.690. The molecule has 0 saturated heterocycles. The molecule has 0 bridgehead atoms. The van der Waals surface area contributed by atoms with Gasteiger partial charge in [-0.1, -0.05) is 0 Å². The van der Waals surface area contributed by atoms with Crippen LogP contribution in [0.25, 0.3) is 0 Å². The number of hydrogen-bond donors (Lipinski definition) is 1. The molecule has 1 aromatic rings. The summed E-state index contributed by atoms with van der Waals surface area (Å²) < 4.78 is 21.3. The van der Waals surface area contributed by atoms with Gasteiger partial charge in [0.2, 0.25) is 5.75 Å². The Morgan fingerprint density at radius 2 is 1.53 bits per heavy atom. The van der Waals surface area contributed by atoms with Crippen molar-refractivity contribution in [2.24, 2.45) is 0 Å². The van der Waals surface area contributed by atoms with Gasteiger partial charge in [0.15, 0.2) is 11.5 Å². The average molecular weight is 269 g/mol. The molecule has 5 heteroatoms. The van der Waals surface area contributed by atoms with Crippen LogP contribution in [0.4, 0.5) is 0 Å². The molecule has 0 aliphatic heterocycles. The van der Waals surface area contributed by atoms with Gasteiger partial charge in [0.1, 0.15) is 6.61 Å². The first-order chi connectivity index (χ1) is 9.22. The molecule has 0 unspecified atom stereocenters. The van der Waals surface area contributed by atoms with Gasteiger partial charge in [-0.15, -0.1) is 0 Å². The Morgan fingerprint density at radius 1 is 0.947 bits per heavy atom. The molecule has 1 N–H and O–H groups in total. The zero-order chi connectivity index (χ0) is 14.1. The van der Waals surface area contributed by atoms with E-state index in [1.807, 2.05) is 19.1 Å². The molecule has 0 atom stereocenters. The summed E-state index contributed by atoms with van der Waals surface area (Å²) in [5.74, 6) is 2.02. The van der Waals surface area contributed by atoms with E-state index in [-0.39, 0.29) is 0 Å². The van der Waals surface area contributed by atoms with Gasteiger partial charge in [-0.05, 0) is 24.6 Å². The van der Waals surface area contributed by atoms with E-state index in [0.29, 0.717) is 30.5 Å². The van der Waals surface area contributed by atoms with E-state index < -0.39 is 0 Å². The van der Waals surface area contributed by atoms with Crippen molar-refractivity contribution in [3.05, 3.63) is 17.7 Å². The minimum atomic E-state index is 0.541. The average Bonchev–Trinajstić information content (AvgIpc) is 2.43. The highest BCUT2D eigenvalue weighted by molar-refractivity contribution is 5.53. The Balaban J connectivity index is 2.56. The van der Waals surface area contributed by atoms with E-state index in [4.69, 9.17) is 18.9 Å². The summed E-state index contributed by atoms with van der Waals surface area (Å²) in [5.41, 5.74) is 1.07. The second-order valence-corrected chi connectivity index (χ2v) is 4.09. The normalized spacial score (nSPS) is 10.3. The summed E-state index contributed by atoms with van der Waals surface area (Å²) in [6, 6.07) is 3.85. The predicted molar refractivity (Wildman–Crippen MR) is 74.5 cm³/mol. The van der Waals surface area contributed by atoms with Gasteiger partial charge < -0.3 is 24.3 Å². The van der Waals surface area contributed by atoms with Crippen LogP contribution in [0.5, 0.6) is 17.2 Å². The minimum absolute atomic E-state index is 0.541. The maximum atomic E-state index is 5.73. The Kier molecular flexibility index (Phi) is 7.07. The second kappa shape index (κ2) is 8.61. The fraction of sp³-hybridized carbons (Fsp3) is 0.571. The number of nitrogens with one attached hydrogen (secondary N) is 1. The highest BCUT2D eigenvalue weighted by Gasteiger charge is 2.12. The number of hydrogen-bond acceptors (Lipinski definition) is 5. The van der Waals surface area contributed by atoms with Gasteiger partial charge in [0.05, 0.1) is 20.8 Å². The van der Waals surface area contributed by atoms with Crippen molar-refractivity contribution in [2.45, 2.75) is 6.92 Å². The molecule has 0 saturated carbocycles. The molecule has 19 heavy (non-hydrogen) atoms. The molecule has 0 amide bonds. The summed E-state index contributed by atoms with van der Waals surface area (Å²) in [6.45, 7) is 4.77. The summed E-state index contributed by atoms with van der Waals surface area (Å²) in [5, 5.41) is 3.21. The Hall–Kier alpha value is -1.46. The lowest BCUT2D eigenvalue weighted by Gasteiger charge is -2.15. The number of ether oxygens (including phenoxy) is 4. The molecule has 0 spiro atoms. The lowest BCUT2D eigenvalue weighted by atomic mass is 10.2. The molecule has 1 rings (SSSR count). The van der Waals surface area contributed by atoms with E-state index in [0.717, 1.165) is 18.7 Å². The highest BCUT2D eigenvalue weighted by Crippen LogP contribution is 2.38. The maximum Gasteiger partial charge on any atom is 0.203 e. The highest BCUT2D eigenvalue weighted by atomic mass is 16.5. The number of aryl methyl sites for hydroxylation is 1. The van der Waals surface area contributed by atoms with Crippen molar-refractivity contribution in [1.82, 2.24) is 5.32 Å². The smallest absolute Gasteiger partial charge is 0.203 e. The molecule has 0 aliphatic carbocycles. The lowest BCUT2D eigenvalue weighted by Crippen LogP contribution is -2.24. The van der Waals surface area contributed by atoms with Gasteiger partial charge in [0.25, 0.3) is 0 Å². The third kappa shape index (κ3) is 4.96. The van der Waals surface area contributed by atoms with Crippen molar-refractivity contribution in [3.8, 4) is 17.2 Å². The summed E-state index contributed by atoms with van der Waals surface area (Å²) >= 11 is 0. The van der Waals surface area contributed by atoms with Crippen molar-refractivity contribution in [3.63, 3.8) is 0 Å². The third-order valence-corrected chi connectivity index (χ3v) is 2.61. The van der Waals surface area contributed by atoms with Crippen LogP contribution in [0.3, 0.4) is 0 Å². The van der Waals surface area contributed by atoms with Crippen LogP contribution in [0, 0.1) is 6.92 Å². The summed E-state index contributed by atoms with van der Waals surface area (Å²) in [6.07, 6.45) is 0. The Bertz CT molecular complexity index is 357. The fourth-order valence-electron chi connectivity index (χ4n) is 1.68. The van der Waals surface area contributed by atoms with Crippen LogP contribution in [0.1, 0.15) is 5.56 Å². The summed E-state index contributed by atoms with van der Waals surface area (Å²) in [7, 11) is 4.93. The standard InChI is InChI=1S/C14H23NO4/c1-11-9-12(17-3)14(13(10-11)18-4)19-8-6-15-5-7-16-2/h9-10,15H,5-8H2,1-4H3. The largest absolute Gasteiger partial charge is 0.493 e. The van der Waals surface area contributed by atoms with Crippen LogP contribution in [0.15, 0.2) is 12.1 Å². The number of benzene rings is 1. The number of methoxy groups -OCH3 is 3. The van der Waals surface area contributed by atoms with Crippen molar-refractivity contribution in [1.29, 1.82) is 0 Å². The molecule has 108 valence electrons. The van der Waals surface area contributed by atoms with Crippen LogP contribution in [-0.4, -0.2) is 47.6 Å². The van der Waals surface area contributed by atoms with Crippen molar-refractivity contribution < 1.29 is 18.9 Å². The first kappa shape index (κ1) is 15.6. The molecule has 1 aromatic carbocycles. The van der Waals surface area contributed by atoms with Crippen LogP contribution < -0.4 is 19.5 Å². The van der Waals surface area contributed by atoms with E-state index in [1.165, 1.54) is 0 Å². The van der Waals surface area contributed by atoms with Crippen LogP contribution in [0.2, 0.25) is 0 Å². The molecular weight excluding hydrogens is 246 g/mol.